The fourth-order valence-electron chi connectivity index (χ4n) is 3.35. The highest BCUT2D eigenvalue weighted by molar-refractivity contribution is 5.88. The van der Waals surface area contributed by atoms with Crippen LogP contribution in [0.15, 0.2) is 0 Å². The number of nitrogens with zero attached hydrogens (tertiary/aromatic N) is 1. The van der Waals surface area contributed by atoms with Gasteiger partial charge in [-0.3, -0.25) is 9.69 Å². The van der Waals surface area contributed by atoms with Crippen molar-refractivity contribution in [1.82, 2.24) is 15.5 Å². The molecule has 0 spiro atoms. The molecular weight excluding hydrogens is 270 g/mol. The van der Waals surface area contributed by atoms with Crippen molar-refractivity contribution in [3.63, 3.8) is 0 Å². The maximum atomic E-state index is 12.2. The van der Waals surface area contributed by atoms with Gasteiger partial charge in [-0.2, -0.15) is 0 Å². The van der Waals surface area contributed by atoms with Crippen LogP contribution in [0.5, 0.6) is 0 Å². The van der Waals surface area contributed by atoms with E-state index in [2.05, 4.69) is 22.5 Å². The van der Waals surface area contributed by atoms with E-state index in [1.165, 1.54) is 0 Å². The van der Waals surface area contributed by atoms with Crippen molar-refractivity contribution in [3.8, 4) is 0 Å². The number of aliphatic carboxylic acids is 1. The zero-order valence-corrected chi connectivity index (χ0v) is 12.9. The molecule has 0 bridgehead atoms. The van der Waals surface area contributed by atoms with Gasteiger partial charge in [0.2, 0.25) is 5.91 Å². The van der Waals surface area contributed by atoms with E-state index in [1.807, 2.05) is 0 Å². The molecule has 1 amide bonds. The highest BCUT2D eigenvalue weighted by Gasteiger charge is 2.42. The third-order valence-electron chi connectivity index (χ3n) is 4.90. The van der Waals surface area contributed by atoms with Gasteiger partial charge in [0.25, 0.3) is 0 Å². The lowest BCUT2D eigenvalue weighted by Gasteiger charge is -2.38. The van der Waals surface area contributed by atoms with E-state index in [1.54, 1.807) is 0 Å². The Bertz CT molecular complexity index is 372. The van der Waals surface area contributed by atoms with Crippen molar-refractivity contribution < 1.29 is 14.7 Å². The van der Waals surface area contributed by atoms with Gasteiger partial charge >= 0.3 is 5.97 Å². The van der Waals surface area contributed by atoms with E-state index in [9.17, 15) is 14.7 Å². The number of carboxylic acid groups (broad SMARTS) is 1. The van der Waals surface area contributed by atoms with Gasteiger partial charge in [-0.05, 0) is 31.6 Å². The Labute approximate surface area is 126 Å². The molecule has 21 heavy (non-hydrogen) atoms. The maximum Gasteiger partial charge on any atom is 0.329 e. The van der Waals surface area contributed by atoms with Gasteiger partial charge in [0.1, 0.15) is 5.54 Å². The predicted octanol–water partition coefficient (Wildman–Crippen LogP) is 0.431. The summed E-state index contributed by atoms with van der Waals surface area (Å²) < 4.78 is 0. The Morgan fingerprint density at radius 3 is 2.43 bits per heavy atom. The monoisotopic (exact) mass is 297 g/mol. The number of hydrogen-bond acceptors (Lipinski definition) is 4. The zero-order valence-electron chi connectivity index (χ0n) is 12.9. The molecule has 1 saturated carbocycles. The zero-order chi connectivity index (χ0) is 15.3. The first-order valence-electron chi connectivity index (χ1n) is 8.03. The third-order valence-corrected chi connectivity index (χ3v) is 4.90. The molecule has 0 unspecified atom stereocenters. The number of amides is 1. The van der Waals surface area contributed by atoms with Gasteiger partial charge in [0.05, 0.1) is 6.54 Å². The molecule has 2 rings (SSSR count). The minimum absolute atomic E-state index is 0.158. The molecular formula is C15H27N3O3. The van der Waals surface area contributed by atoms with Crippen molar-refractivity contribution in [2.24, 2.45) is 5.92 Å². The second kappa shape index (κ2) is 7.22. The molecule has 0 aromatic rings. The second-order valence-electron chi connectivity index (χ2n) is 6.31. The number of nitrogens with one attached hydrogen (secondary N) is 2. The minimum atomic E-state index is -1.04. The maximum absolute atomic E-state index is 12.2. The fraction of sp³-hybridized carbons (Fsp3) is 0.867. The van der Waals surface area contributed by atoms with Gasteiger partial charge in [-0.25, -0.2) is 4.79 Å². The number of hydrogen-bond donors (Lipinski definition) is 3. The molecule has 2 aliphatic rings. The average Bonchev–Trinajstić information content (AvgIpc) is 2.48. The van der Waals surface area contributed by atoms with Gasteiger partial charge in [0.15, 0.2) is 0 Å². The summed E-state index contributed by atoms with van der Waals surface area (Å²) in [5.74, 6) is -0.442. The summed E-state index contributed by atoms with van der Waals surface area (Å²) in [6.07, 6.45) is 3.96. The standard InChI is InChI=1S/C15H27N3O3/c1-2-12-3-5-15(6-4-12,14(20)21)17-13(19)11-18-9-7-16-8-10-18/h12,16H,2-11H2,1H3,(H,17,19)(H,20,21). The molecule has 3 N–H and O–H groups in total. The topological polar surface area (TPSA) is 81.7 Å². The minimum Gasteiger partial charge on any atom is -0.480 e. The Balaban J connectivity index is 1.90. The number of carbonyl (C=O) groups is 2. The molecule has 0 aromatic heterocycles. The van der Waals surface area contributed by atoms with Crippen LogP contribution >= 0.6 is 0 Å². The van der Waals surface area contributed by atoms with Crippen LogP contribution in [0.1, 0.15) is 39.0 Å². The molecule has 1 aliphatic carbocycles. The van der Waals surface area contributed by atoms with Crippen LogP contribution in [0.4, 0.5) is 0 Å². The van der Waals surface area contributed by atoms with Crippen molar-refractivity contribution >= 4 is 11.9 Å². The van der Waals surface area contributed by atoms with Crippen LogP contribution in [-0.4, -0.2) is 60.1 Å². The van der Waals surface area contributed by atoms with Gasteiger partial charge in [-0.1, -0.05) is 13.3 Å². The lowest BCUT2D eigenvalue weighted by molar-refractivity contribution is -0.150. The molecule has 0 aromatic carbocycles. The molecule has 1 saturated heterocycles. The Kier molecular flexibility index (Phi) is 5.58. The van der Waals surface area contributed by atoms with E-state index in [-0.39, 0.29) is 5.91 Å². The van der Waals surface area contributed by atoms with E-state index in [0.29, 0.717) is 25.3 Å². The first kappa shape index (κ1) is 16.2. The van der Waals surface area contributed by atoms with Crippen molar-refractivity contribution in [3.05, 3.63) is 0 Å². The summed E-state index contributed by atoms with van der Waals surface area (Å²) >= 11 is 0. The van der Waals surface area contributed by atoms with Crippen molar-refractivity contribution in [1.29, 1.82) is 0 Å². The quantitative estimate of drug-likeness (QED) is 0.686. The van der Waals surface area contributed by atoms with Crippen molar-refractivity contribution in [2.75, 3.05) is 32.7 Å². The van der Waals surface area contributed by atoms with E-state index in [4.69, 9.17) is 0 Å². The Morgan fingerprint density at radius 1 is 1.29 bits per heavy atom. The molecule has 6 nitrogen and oxygen atoms in total. The number of piperazine rings is 1. The first-order valence-corrected chi connectivity index (χ1v) is 8.03. The van der Waals surface area contributed by atoms with Crippen LogP contribution < -0.4 is 10.6 Å². The molecule has 1 heterocycles. The van der Waals surface area contributed by atoms with Crippen LogP contribution in [0, 0.1) is 5.92 Å². The normalized spacial score (nSPS) is 30.8. The lowest BCUT2D eigenvalue weighted by Crippen LogP contribution is -2.58. The largest absolute Gasteiger partial charge is 0.480 e. The van der Waals surface area contributed by atoms with E-state index >= 15 is 0 Å². The molecule has 0 atom stereocenters. The molecule has 2 fully saturated rings. The molecule has 1 aliphatic heterocycles. The van der Waals surface area contributed by atoms with Crippen molar-refractivity contribution in [2.45, 2.75) is 44.6 Å². The van der Waals surface area contributed by atoms with E-state index in [0.717, 1.165) is 45.4 Å². The number of rotatable bonds is 5. The summed E-state index contributed by atoms with van der Waals surface area (Å²) in [4.78, 5) is 25.9. The fourth-order valence-corrected chi connectivity index (χ4v) is 3.35. The van der Waals surface area contributed by atoms with Crippen LogP contribution in [0.3, 0.4) is 0 Å². The second-order valence-corrected chi connectivity index (χ2v) is 6.31. The summed E-state index contributed by atoms with van der Waals surface area (Å²) in [5.41, 5.74) is -1.04. The first-order chi connectivity index (χ1) is 10.1. The lowest BCUT2D eigenvalue weighted by atomic mass is 9.75. The Morgan fingerprint density at radius 2 is 1.90 bits per heavy atom. The molecule has 120 valence electrons. The number of carboxylic acids is 1. The summed E-state index contributed by atoms with van der Waals surface area (Å²) in [6.45, 7) is 5.89. The third kappa shape index (κ3) is 4.17. The highest BCUT2D eigenvalue weighted by Crippen LogP contribution is 2.34. The highest BCUT2D eigenvalue weighted by atomic mass is 16.4. The summed E-state index contributed by atoms with van der Waals surface area (Å²) in [5, 5.41) is 15.6. The van der Waals surface area contributed by atoms with Gasteiger partial charge in [-0.15, -0.1) is 0 Å². The summed E-state index contributed by atoms with van der Waals surface area (Å²) in [7, 11) is 0. The number of carbonyl (C=O) groups excluding carboxylic acids is 1. The van der Waals surface area contributed by atoms with Crippen LogP contribution in [0.25, 0.3) is 0 Å². The van der Waals surface area contributed by atoms with Crippen LogP contribution in [0.2, 0.25) is 0 Å². The Hall–Kier alpha value is -1.14. The summed E-state index contributed by atoms with van der Waals surface area (Å²) in [6, 6.07) is 0. The average molecular weight is 297 g/mol. The van der Waals surface area contributed by atoms with Crippen LogP contribution in [-0.2, 0) is 9.59 Å². The predicted molar refractivity (Wildman–Crippen MR) is 80.1 cm³/mol. The van der Waals surface area contributed by atoms with E-state index < -0.39 is 11.5 Å². The SMILES string of the molecule is CCC1CCC(NC(=O)CN2CCNCC2)(C(=O)O)CC1. The molecule has 0 radical (unpaired) electrons. The molecule has 6 heteroatoms. The van der Waals surface area contributed by atoms with Gasteiger partial charge < -0.3 is 15.7 Å². The smallest absolute Gasteiger partial charge is 0.329 e. The van der Waals surface area contributed by atoms with Gasteiger partial charge in [0, 0.05) is 26.2 Å².